The van der Waals surface area contributed by atoms with Gasteiger partial charge < -0.3 is 15.6 Å². The number of aryl methyl sites for hydroxylation is 1. The third-order valence-electron chi connectivity index (χ3n) is 4.90. The molecule has 1 amide bonds. The molecule has 4 rings (SSSR count). The molecule has 26 heavy (non-hydrogen) atoms. The molecule has 1 fully saturated rings. The van der Waals surface area contributed by atoms with Crippen LogP contribution in [0.1, 0.15) is 36.6 Å². The van der Waals surface area contributed by atoms with Crippen molar-refractivity contribution >= 4 is 22.6 Å². The van der Waals surface area contributed by atoms with E-state index in [1.54, 1.807) is 6.33 Å². The zero-order chi connectivity index (χ0) is 17.8. The first-order chi connectivity index (χ1) is 12.8. The lowest BCUT2D eigenvalue weighted by molar-refractivity contribution is -0.116. The van der Waals surface area contributed by atoms with Crippen LogP contribution in [0.15, 0.2) is 42.7 Å². The van der Waals surface area contributed by atoms with Crippen molar-refractivity contribution in [3.05, 3.63) is 54.1 Å². The zero-order valence-corrected chi connectivity index (χ0v) is 14.7. The zero-order valence-electron chi connectivity index (χ0n) is 14.7. The van der Waals surface area contributed by atoms with E-state index in [2.05, 4.69) is 32.7 Å². The molecule has 1 aliphatic heterocycles. The molecule has 0 aliphatic carbocycles. The molecule has 3 aromatic rings. The van der Waals surface area contributed by atoms with Gasteiger partial charge in [0.15, 0.2) is 0 Å². The number of carbonyl (C=O) groups is 1. The molecular formula is C20H23N5O. The highest BCUT2D eigenvalue weighted by Gasteiger charge is 2.16. The number of anilines is 1. The number of rotatable bonds is 5. The number of carbonyl (C=O) groups excluding carboxylic acids is 1. The molecule has 1 saturated heterocycles. The number of H-pyrrole nitrogens is 1. The number of piperidine rings is 1. The van der Waals surface area contributed by atoms with E-state index < -0.39 is 0 Å². The molecule has 0 spiro atoms. The second kappa shape index (κ2) is 7.66. The van der Waals surface area contributed by atoms with Crippen LogP contribution in [0.5, 0.6) is 0 Å². The number of pyridine rings is 1. The van der Waals surface area contributed by atoms with Crippen LogP contribution in [0.25, 0.3) is 11.0 Å². The molecule has 3 N–H and O–H groups in total. The molecule has 1 aliphatic rings. The van der Waals surface area contributed by atoms with Crippen molar-refractivity contribution < 1.29 is 4.79 Å². The average Bonchev–Trinajstić information content (AvgIpc) is 3.15. The molecule has 2 aromatic heterocycles. The van der Waals surface area contributed by atoms with Crippen molar-refractivity contribution in [3.63, 3.8) is 0 Å². The van der Waals surface area contributed by atoms with Crippen LogP contribution in [0.2, 0.25) is 0 Å². The lowest BCUT2D eigenvalue weighted by atomic mass is 9.94. The summed E-state index contributed by atoms with van der Waals surface area (Å²) in [5.74, 6) is 0.532. The van der Waals surface area contributed by atoms with Gasteiger partial charge in [-0.15, -0.1) is 0 Å². The second-order valence-electron chi connectivity index (χ2n) is 6.76. The fourth-order valence-corrected chi connectivity index (χ4v) is 3.46. The van der Waals surface area contributed by atoms with Crippen molar-refractivity contribution in [3.8, 4) is 0 Å². The molecule has 0 atom stereocenters. The maximum Gasteiger partial charge on any atom is 0.224 e. The highest BCUT2D eigenvalue weighted by Crippen LogP contribution is 2.23. The lowest BCUT2D eigenvalue weighted by Crippen LogP contribution is -2.27. The molecule has 1 aromatic carbocycles. The minimum Gasteiger partial charge on any atom is -0.345 e. The minimum absolute atomic E-state index is 0.00191. The van der Waals surface area contributed by atoms with Crippen molar-refractivity contribution in [2.24, 2.45) is 0 Å². The summed E-state index contributed by atoms with van der Waals surface area (Å²) in [6, 6.07) is 11.8. The summed E-state index contributed by atoms with van der Waals surface area (Å²) in [7, 11) is 0. The first-order valence-corrected chi connectivity index (χ1v) is 9.17. The Kier molecular flexibility index (Phi) is 4.93. The maximum atomic E-state index is 12.3. The highest BCUT2D eigenvalue weighted by atomic mass is 16.1. The molecule has 0 unspecified atom stereocenters. The van der Waals surface area contributed by atoms with Crippen LogP contribution in [0.3, 0.4) is 0 Å². The quantitative estimate of drug-likeness (QED) is 0.661. The minimum atomic E-state index is -0.00191. The van der Waals surface area contributed by atoms with E-state index in [0.717, 1.165) is 54.0 Å². The molecule has 134 valence electrons. The van der Waals surface area contributed by atoms with Gasteiger partial charge in [-0.25, -0.2) is 4.98 Å². The number of fused-ring (bicyclic) bond motifs is 1. The average molecular weight is 349 g/mol. The van der Waals surface area contributed by atoms with Crippen LogP contribution in [0, 0.1) is 0 Å². The van der Waals surface area contributed by atoms with Gasteiger partial charge in [-0.05, 0) is 62.7 Å². The van der Waals surface area contributed by atoms with Gasteiger partial charge in [0, 0.05) is 29.4 Å². The van der Waals surface area contributed by atoms with Crippen LogP contribution in [-0.4, -0.2) is 33.9 Å². The van der Waals surface area contributed by atoms with E-state index in [9.17, 15) is 4.79 Å². The molecule has 6 heteroatoms. The van der Waals surface area contributed by atoms with E-state index in [0.29, 0.717) is 18.8 Å². The largest absolute Gasteiger partial charge is 0.345 e. The van der Waals surface area contributed by atoms with Gasteiger partial charge in [0.05, 0.1) is 17.4 Å². The topological polar surface area (TPSA) is 82.7 Å². The summed E-state index contributed by atoms with van der Waals surface area (Å²) in [5.41, 5.74) is 4.73. The fraction of sp³-hybridized carbons (Fsp3) is 0.350. The second-order valence-corrected chi connectivity index (χ2v) is 6.76. The van der Waals surface area contributed by atoms with Crippen molar-refractivity contribution in [2.45, 2.75) is 31.6 Å². The van der Waals surface area contributed by atoms with Crippen LogP contribution >= 0.6 is 0 Å². The van der Waals surface area contributed by atoms with E-state index in [-0.39, 0.29) is 5.91 Å². The molecule has 3 heterocycles. The lowest BCUT2D eigenvalue weighted by Gasteiger charge is -2.22. The maximum absolute atomic E-state index is 12.3. The van der Waals surface area contributed by atoms with Crippen molar-refractivity contribution in [2.75, 3.05) is 18.4 Å². The summed E-state index contributed by atoms with van der Waals surface area (Å²) in [6.45, 7) is 2.11. The Morgan fingerprint density at radius 2 is 2.08 bits per heavy atom. The van der Waals surface area contributed by atoms with E-state index in [1.165, 1.54) is 0 Å². The van der Waals surface area contributed by atoms with Gasteiger partial charge in [0.25, 0.3) is 0 Å². The summed E-state index contributed by atoms with van der Waals surface area (Å²) >= 11 is 0. The number of amides is 1. The Morgan fingerprint density at radius 1 is 1.19 bits per heavy atom. The number of hydrogen-bond acceptors (Lipinski definition) is 4. The first-order valence-electron chi connectivity index (χ1n) is 9.17. The van der Waals surface area contributed by atoms with Crippen molar-refractivity contribution in [1.82, 2.24) is 20.3 Å². The monoisotopic (exact) mass is 349 g/mol. The van der Waals surface area contributed by atoms with Crippen LogP contribution < -0.4 is 10.6 Å². The normalized spacial score (nSPS) is 15.2. The fourth-order valence-electron chi connectivity index (χ4n) is 3.46. The number of imidazole rings is 1. The van der Waals surface area contributed by atoms with E-state index in [4.69, 9.17) is 4.98 Å². The Hall–Kier alpha value is -2.73. The van der Waals surface area contributed by atoms with Gasteiger partial charge >= 0.3 is 0 Å². The third-order valence-corrected chi connectivity index (χ3v) is 4.90. The van der Waals surface area contributed by atoms with E-state index in [1.807, 2.05) is 24.3 Å². The first kappa shape index (κ1) is 16.7. The predicted octanol–water partition coefficient (Wildman–Crippen LogP) is 3.00. The number of aromatic nitrogens is 3. The summed E-state index contributed by atoms with van der Waals surface area (Å²) in [4.78, 5) is 24.3. The van der Waals surface area contributed by atoms with E-state index >= 15 is 0 Å². The van der Waals surface area contributed by atoms with Crippen molar-refractivity contribution in [1.29, 1.82) is 0 Å². The molecular weight excluding hydrogens is 326 g/mol. The van der Waals surface area contributed by atoms with Gasteiger partial charge in [-0.3, -0.25) is 9.78 Å². The molecule has 0 saturated carbocycles. The summed E-state index contributed by atoms with van der Waals surface area (Å²) in [5, 5.41) is 6.33. The van der Waals surface area contributed by atoms with Gasteiger partial charge in [0.2, 0.25) is 5.91 Å². The number of nitrogens with one attached hydrogen (secondary N) is 3. The van der Waals surface area contributed by atoms with Crippen LogP contribution in [-0.2, 0) is 11.2 Å². The van der Waals surface area contributed by atoms with Gasteiger partial charge in [-0.1, -0.05) is 6.07 Å². The molecule has 6 nitrogen and oxygen atoms in total. The number of nitrogens with zero attached hydrogens (tertiary/aromatic N) is 2. The Balaban J connectivity index is 1.35. The SMILES string of the molecule is O=C(CCc1cccc(C2CCNCC2)n1)Nc1ccc2nc[nH]c2c1. The molecule has 0 radical (unpaired) electrons. The smallest absolute Gasteiger partial charge is 0.224 e. The Labute approximate surface area is 152 Å². The number of hydrogen-bond donors (Lipinski definition) is 3. The summed E-state index contributed by atoms with van der Waals surface area (Å²) in [6.07, 6.45) is 4.98. The Morgan fingerprint density at radius 3 is 2.96 bits per heavy atom. The summed E-state index contributed by atoms with van der Waals surface area (Å²) < 4.78 is 0. The highest BCUT2D eigenvalue weighted by molar-refractivity contribution is 5.93. The number of aromatic amines is 1. The van der Waals surface area contributed by atoms with Crippen LogP contribution in [0.4, 0.5) is 5.69 Å². The number of benzene rings is 1. The standard InChI is InChI=1S/C20H23N5O/c26-20(25-16-4-6-18-19(12-16)23-13-22-18)7-5-15-2-1-3-17(24-15)14-8-10-21-11-9-14/h1-4,6,12-14,21H,5,7-11H2,(H,22,23)(H,25,26). The molecule has 0 bridgehead atoms. The Bertz CT molecular complexity index is 898. The third kappa shape index (κ3) is 3.91. The predicted molar refractivity (Wildman–Crippen MR) is 102 cm³/mol. The van der Waals surface area contributed by atoms with Gasteiger partial charge in [-0.2, -0.15) is 0 Å². The van der Waals surface area contributed by atoms with Gasteiger partial charge in [0.1, 0.15) is 0 Å².